The predicted molar refractivity (Wildman–Crippen MR) is 98.5 cm³/mol. The van der Waals surface area contributed by atoms with Crippen LogP contribution < -0.4 is 5.32 Å². The average Bonchev–Trinajstić information content (AvgIpc) is 3.11. The molecule has 0 radical (unpaired) electrons. The number of anilines is 2. The summed E-state index contributed by atoms with van der Waals surface area (Å²) >= 11 is 5.96. The van der Waals surface area contributed by atoms with Gasteiger partial charge in [-0.05, 0) is 57.2 Å². The molecule has 0 amide bonds. The Bertz CT molecular complexity index is 1040. The molecule has 25 heavy (non-hydrogen) atoms. The quantitative estimate of drug-likeness (QED) is 0.504. The molecule has 0 fully saturated rings. The molecule has 126 valence electrons. The molecule has 0 aliphatic rings. The lowest BCUT2D eigenvalue weighted by molar-refractivity contribution is 0.393. The Balaban J connectivity index is 1.88. The molecule has 0 spiro atoms. The average molecular weight is 354 g/mol. The van der Waals surface area contributed by atoms with Crippen LogP contribution >= 0.6 is 11.6 Å². The number of hydrogen-bond donors (Lipinski definition) is 1. The predicted octanol–water partition coefficient (Wildman–Crippen LogP) is 5.81. The number of aryl methyl sites for hydroxylation is 3. The zero-order chi connectivity index (χ0) is 17.6. The van der Waals surface area contributed by atoms with Crippen molar-refractivity contribution >= 4 is 34.1 Å². The first-order valence-corrected chi connectivity index (χ1v) is 8.26. The summed E-state index contributed by atoms with van der Waals surface area (Å²) in [7, 11) is 0. The van der Waals surface area contributed by atoms with Crippen molar-refractivity contribution in [2.45, 2.75) is 20.8 Å². The van der Waals surface area contributed by atoms with E-state index in [1.54, 1.807) is 0 Å². The van der Waals surface area contributed by atoms with E-state index >= 15 is 0 Å². The number of benzene rings is 1. The lowest BCUT2D eigenvalue weighted by Crippen LogP contribution is -1.96. The van der Waals surface area contributed by atoms with Gasteiger partial charge in [0.05, 0.1) is 17.0 Å². The van der Waals surface area contributed by atoms with Gasteiger partial charge in [0.2, 0.25) is 0 Å². The first-order chi connectivity index (χ1) is 12.0. The number of pyridine rings is 1. The summed E-state index contributed by atoms with van der Waals surface area (Å²) in [6.07, 6.45) is 0. The molecular formula is C19H16ClN3O2. The van der Waals surface area contributed by atoms with Crippen molar-refractivity contribution < 1.29 is 8.94 Å². The fraction of sp³-hybridized carbons (Fsp3) is 0.158. The number of fused-ring (bicyclic) bond motifs is 1. The molecule has 0 aliphatic heterocycles. The molecule has 3 heterocycles. The van der Waals surface area contributed by atoms with Crippen molar-refractivity contribution in [1.82, 2.24) is 10.1 Å². The largest absolute Gasteiger partial charge is 0.457 e. The van der Waals surface area contributed by atoms with Crippen LogP contribution in [-0.2, 0) is 0 Å². The summed E-state index contributed by atoms with van der Waals surface area (Å²) < 4.78 is 11.1. The van der Waals surface area contributed by atoms with Gasteiger partial charge < -0.3 is 14.3 Å². The van der Waals surface area contributed by atoms with E-state index < -0.39 is 0 Å². The van der Waals surface area contributed by atoms with Crippen LogP contribution in [0.2, 0.25) is 5.02 Å². The Morgan fingerprint density at radius 1 is 1.04 bits per heavy atom. The van der Waals surface area contributed by atoms with Gasteiger partial charge in [-0.2, -0.15) is 0 Å². The summed E-state index contributed by atoms with van der Waals surface area (Å²) in [5.41, 5.74) is 4.09. The van der Waals surface area contributed by atoms with E-state index in [9.17, 15) is 0 Å². The molecule has 0 aliphatic carbocycles. The van der Waals surface area contributed by atoms with Crippen LogP contribution in [0.15, 0.2) is 45.3 Å². The van der Waals surface area contributed by atoms with Crippen molar-refractivity contribution in [2.75, 3.05) is 5.32 Å². The standard InChI is InChI=1S/C19H16ClN3O2/c1-10-8-13-9-16(17-11(2)23-25-12(17)3)22-19(18(13)24-10)21-15-6-4-14(20)5-7-15/h4-9H,1-3H3,(H,21,22). The van der Waals surface area contributed by atoms with Gasteiger partial charge in [-0.1, -0.05) is 16.8 Å². The number of furan rings is 1. The van der Waals surface area contributed by atoms with Crippen LogP contribution in [0.3, 0.4) is 0 Å². The van der Waals surface area contributed by atoms with Gasteiger partial charge in [-0.25, -0.2) is 4.98 Å². The smallest absolute Gasteiger partial charge is 0.176 e. The van der Waals surface area contributed by atoms with Crippen molar-refractivity contribution in [3.8, 4) is 11.3 Å². The fourth-order valence-electron chi connectivity index (χ4n) is 2.91. The Kier molecular flexibility index (Phi) is 3.73. The number of hydrogen-bond acceptors (Lipinski definition) is 5. The zero-order valence-electron chi connectivity index (χ0n) is 14.1. The lowest BCUT2D eigenvalue weighted by Gasteiger charge is -2.09. The molecule has 0 saturated carbocycles. The summed E-state index contributed by atoms with van der Waals surface area (Å²) in [6, 6.07) is 11.4. The minimum Gasteiger partial charge on any atom is -0.457 e. The highest BCUT2D eigenvalue weighted by Gasteiger charge is 2.17. The first-order valence-electron chi connectivity index (χ1n) is 7.88. The minimum atomic E-state index is 0.642. The number of aromatic nitrogens is 2. The number of nitrogens with one attached hydrogen (secondary N) is 1. The van der Waals surface area contributed by atoms with Crippen LogP contribution in [0.4, 0.5) is 11.5 Å². The maximum absolute atomic E-state index is 5.96. The molecule has 4 rings (SSSR count). The second-order valence-electron chi connectivity index (χ2n) is 5.96. The van der Waals surface area contributed by atoms with Crippen LogP contribution in [0.1, 0.15) is 17.2 Å². The van der Waals surface area contributed by atoms with E-state index in [4.69, 9.17) is 25.5 Å². The van der Waals surface area contributed by atoms with Crippen LogP contribution in [0.25, 0.3) is 22.2 Å². The Labute approximate surface area is 149 Å². The van der Waals surface area contributed by atoms with Crippen molar-refractivity contribution in [3.63, 3.8) is 0 Å². The normalized spacial score (nSPS) is 11.2. The Morgan fingerprint density at radius 3 is 2.48 bits per heavy atom. The van der Waals surface area contributed by atoms with Crippen molar-refractivity contribution in [3.05, 3.63) is 58.6 Å². The molecule has 0 bridgehead atoms. The zero-order valence-corrected chi connectivity index (χ0v) is 14.8. The van der Waals surface area contributed by atoms with E-state index in [2.05, 4.69) is 10.5 Å². The van der Waals surface area contributed by atoms with Crippen LogP contribution in [0, 0.1) is 20.8 Å². The SMILES string of the molecule is Cc1cc2cc(-c3c(C)noc3C)nc(Nc3ccc(Cl)cc3)c2o1. The molecule has 1 aromatic carbocycles. The monoisotopic (exact) mass is 353 g/mol. The maximum Gasteiger partial charge on any atom is 0.176 e. The lowest BCUT2D eigenvalue weighted by atomic mass is 10.1. The number of rotatable bonds is 3. The third-order valence-electron chi connectivity index (χ3n) is 4.02. The topological polar surface area (TPSA) is 64.1 Å². The second kappa shape index (κ2) is 5.93. The van der Waals surface area contributed by atoms with Gasteiger partial charge >= 0.3 is 0 Å². The third kappa shape index (κ3) is 2.87. The molecule has 6 heteroatoms. The summed E-state index contributed by atoms with van der Waals surface area (Å²) in [5.74, 6) is 2.21. The molecule has 0 unspecified atom stereocenters. The van der Waals surface area contributed by atoms with Crippen LogP contribution in [-0.4, -0.2) is 10.1 Å². The molecular weight excluding hydrogens is 338 g/mol. The highest BCUT2D eigenvalue weighted by atomic mass is 35.5. The van der Waals surface area contributed by atoms with Gasteiger partial charge in [0.1, 0.15) is 11.5 Å². The number of nitrogens with zero attached hydrogens (tertiary/aromatic N) is 2. The van der Waals surface area contributed by atoms with Gasteiger partial charge in [0.25, 0.3) is 0 Å². The highest BCUT2D eigenvalue weighted by Crippen LogP contribution is 2.34. The van der Waals surface area contributed by atoms with E-state index in [1.165, 1.54) is 0 Å². The Morgan fingerprint density at radius 2 is 1.80 bits per heavy atom. The van der Waals surface area contributed by atoms with Crippen molar-refractivity contribution in [1.29, 1.82) is 0 Å². The van der Waals surface area contributed by atoms with Crippen molar-refractivity contribution in [2.24, 2.45) is 0 Å². The second-order valence-corrected chi connectivity index (χ2v) is 6.40. The Hall–Kier alpha value is -2.79. The van der Waals surface area contributed by atoms with E-state index in [-0.39, 0.29) is 0 Å². The van der Waals surface area contributed by atoms with Gasteiger partial charge in [0.15, 0.2) is 11.4 Å². The minimum absolute atomic E-state index is 0.642. The maximum atomic E-state index is 5.96. The molecule has 3 aromatic heterocycles. The molecule has 0 atom stereocenters. The molecule has 0 saturated heterocycles. The fourth-order valence-corrected chi connectivity index (χ4v) is 3.03. The van der Waals surface area contributed by atoms with E-state index in [1.807, 2.05) is 57.2 Å². The van der Waals surface area contributed by atoms with Gasteiger partial charge in [0, 0.05) is 16.1 Å². The highest BCUT2D eigenvalue weighted by molar-refractivity contribution is 6.30. The summed E-state index contributed by atoms with van der Waals surface area (Å²) in [4.78, 5) is 4.76. The van der Waals surface area contributed by atoms with Gasteiger partial charge in [-0.3, -0.25) is 0 Å². The number of halogens is 1. The van der Waals surface area contributed by atoms with Crippen LogP contribution in [0.5, 0.6) is 0 Å². The summed E-state index contributed by atoms with van der Waals surface area (Å²) in [5, 5.41) is 9.00. The third-order valence-corrected chi connectivity index (χ3v) is 4.27. The van der Waals surface area contributed by atoms with Gasteiger partial charge in [-0.15, -0.1) is 0 Å². The summed E-state index contributed by atoms with van der Waals surface area (Å²) in [6.45, 7) is 5.71. The first kappa shape index (κ1) is 15.7. The molecule has 4 aromatic rings. The van der Waals surface area contributed by atoms with E-state index in [0.717, 1.165) is 39.5 Å². The molecule has 1 N–H and O–H groups in total. The molecule has 5 nitrogen and oxygen atoms in total. The van der Waals surface area contributed by atoms with E-state index in [0.29, 0.717) is 16.4 Å².